The molecule has 0 radical (unpaired) electrons. The molecule has 0 fully saturated rings. The molecule has 0 bridgehead atoms. The second-order valence-corrected chi connectivity index (χ2v) is 7.80. The van der Waals surface area contributed by atoms with Crippen LogP contribution in [0.5, 0.6) is 5.75 Å². The standard InChI is InChI=1S/C18H23NO4S/c1-18(20,16-6-4-3-5-7-16)14-19-24(21,22)13-12-15-8-10-17(23-2)11-9-15/h3-11,19-20H,12-14H2,1-2H3/t18-/m1/s1. The van der Waals surface area contributed by atoms with Gasteiger partial charge in [0.05, 0.1) is 12.9 Å². The number of aliphatic hydroxyl groups is 1. The van der Waals surface area contributed by atoms with Crippen LogP contribution in [-0.2, 0) is 22.0 Å². The maximum Gasteiger partial charge on any atom is 0.212 e. The summed E-state index contributed by atoms with van der Waals surface area (Å²) in [5.74, 6) is 0.697. The Morgan fingerprint density at radius 1 is 1.08 bits per heavy atom. The van der Waals surface area contributed by atoms with Gasteiger partial charge in [-0.25, -0.2) is 13.1 Å². The highest BCUT2D eigenvalue weighted by Crippen LogP contribution is 2.19. The molecule has 0 aliphatic carbocycles. The van der Waals surface area contributed by atoms with E-state index in [1.54, 1.807) is 38.3 Å². The first kappa shape index (κ1) is 18.4. The van der Waals surface area contributed by atoms with Gasteiger partial charge in [-0.05, 0) is 36.6 Å². The van der Waals surface area contributed by atoms with Crippen molar-refractivity contribution in [2.24, 2.45) is 0 Å². The summed E-state index contributed by atoms with van der Waals surface area (Å²) < 4.78 is 31.9. The van der Waals surface area contributed by atoms with Crippen LogP contribution in [0.15, 0.2) is 54.6 Å². The molecule has 0 saturated carbocycles. The molecule has 0 aliphatic heterocycles. The van der Waals surface area contributed by atoms with Crippen LogP contribution in [-0.4, -0.2) is 32.9 Å². The normalized spacial score (nSPS) is 14.1. The fourth-order valence-corrected chi connectivity index (χ4v) is 3.42. The van der Waals surface area contributed by atoms with E-state index in [0.29, 0.717) is 12.0 Å². The van der Waals surface area contributed by atoms with Gasteiger partial charge in [-0.2, -0.15) is 0 Å². The number of hydrogen-bond acceptors (Lipinski definition) is 4. The van der Waals surface area contributed by atoms with Crippen molar-refractivity contribution in [1.82, 2.24) is 4.72 Å². The first-order valence-corrected chi connectivity index (χ1v) is 9.36. The third-order valence-electron chi connectivity index (χ3n) is 3.85. The number of hydrogen-bond donors (Lipinski definition) is 2. The number of methoxy groups -OCH3 is 1. The van der Waals surface area contributed by atoms with Gasteiger partial charge in [0.1, 0.15) is 11.4 Å². The van der Waals surface area contributed by atoms with Gasteiger partial charge in [0, 0.05) is 6.54 Å². The fraction of sp³-hybridized carbons (Fsp3) is 0.333. The molecule has 0 unspecified atom stereocenters. The van der Waals surface area contributed by atoms with Crippen molar-refractivity contribution in [2.75, 3.05) is 19.4 Å². The second kappa shape index (κ2) is 7.79. The first-order valence-electron chi connectivity index (χ1n) is 7.70. The largest absolute Gasteiger partial charge is 0.497 e. The Kier molecular flexibility index (Phi) is 5.99. The van der Waals surface area contributed by atoms with Gasteiger partial charge in [-0.3, -0.25) is 0 Å². The van der Waals surface area contributed by atoms with Crippen LogP contribution in [0, 0.1) is 0 Å². The van der Waals surface area contributed by atoms with E-state index in [0.717, 1.165) is 11.3 Å². The first-order chi connectivity index (χ1) is 11.3. The van der Waals surface area contributed by atoms with Crippen LogP contribution in [0.2, 0.25) is 0 Å². The summed E-state index contributed by atoms with van der Waals surface area (Å²) in [5.41, 5.74) is 0.327. The summed E-state index contributed by atoms with van der Waals surface area (Å²) in [6, 6.07) is 16.3. The molecule has 0 spiro atoms. The quantitative estimate of drug-likeness (QED) is 0.765. The Bertz CT molecular complexity index is 740. The Labute approximate surface area is 143 Å². The highest BCUT2D eigenvalue weighted by molar-refractivity contribution is 7.89. The molecule has 0 amide bonds. The lowest BCUT2D eigenvalue weighted by molar-refractivity contribution is 0.0627. The highest BCUT2D eigenvalue weighted by Gasteiger charge is 2.25. The van der Waals surface area contributed by atoms with Crippen molar-refractivity contribution >= 4 is 10.0 Å². The zero-order valence-corrected chi connectivity index (χ0v) is 14.7. The van der Waals surface area contributed by atoms with Gasteiger partial charge in [-0.15, -0.1) is 0 Å². The summed E-state index contributed by atoms with van der Waals surface area (Å²) in [5, 5.41) is 10.5. The molecule has 2 rings (SSSR count). The molecule has 0 aliphatic rings. The minimum atomic E-state index is -3.48. The van der Waals surface area contributed by atoms with Crippen LogP contribution in [0.3, 0.4) is 0 Å². The highest BCUT2D eigenvalue weighted by atomic mass is 32.2. The van der Waals surface area contributed by atoms with Crippen LogP contribution in [0.4, 0.5) is 0 Å². The summed E-state index contributed by atoms with van der Waals surface area (Å²) in [6.07, 6.45) is 0.396. The van der Waals surface area contributed by atoms with Gasteiger partial charge in [0.25, 0.3) is 0 Å². The van der Waals surface area contributed by atoms with E-state index in [1.807, 2.05) is 30.3 Å². The average Bonchev–Trinajstić information content (AvgIpc) is 2.60. The number of rotatable bonds is 8. The molecule has 130 valence electrons. The number of nitrogens with one attached hydrogen (secondary N) is 1. The summed E-state index contributed by atoms with van der Waals surface area (Å²) in [7, 11) is -1.89. The molecule has 6 heteroatoms. The average molecular weight is 349 g/mol. The maximum atomic E-state index is 12.2. The van der Waals surface area contributed by atoms with Crippen LogP contribution < -0.4 is 9.46 Å². The van der Waals surface area contributed by atoms with E-state index in [1.165, 1.54) is 0 Å². The predicted octanol–water partition coefficient (Wildman–Crippen LogP) is 2.06. The molecule has 24 heavy (non-hydrogen) atoms. The van der Waals surface area contributed by atoms with Crippen molar-refractivity contribution in [3.8, 4) is 5.75 Å². The van der Waals surface area contributed by atoms with E-state index in [4.69, 9.17) is 4.74 Å². The monoisotopic (exact) mass is 349 g/mol. The molecular weight excluding hydrogens is 326 g/mol. The number of aryl methyl sites for hydroxylation is 1. The van der Waals surface area contributed by atoms with Crippen molar-refractivity contribution in [3.05, 3.63) is 65.7 Å². The third kappa shape index (κ3) is 5.33. The van der Waals surface area contributed by atoms with Crippen molar-refractivity contribution in [3.63, 3.8) is 0 Å². The fourth-order valence-electron chi connectivity index (χ4n) is 2.27. The van der Waals surface area contributed by atoms with E-state index >= 15 is 0 Å². The zero-order chi connectivity index (χ0) is 17.6. The molecule has 2 aromatic carbocycles. The second-order valence-electron chi connectivity index (χ2n) is 5.88. The molecule has 2 aromatic rings. The van der Waals surface area contributed by atoms with Crippen LogP contribution in [0.1, 0.15) is 18.1 Å². The molecule has 2 N–H and O–H groups in total. The van der Waals surface area contributed by atoms with Crippen molar-refractivity contribution in [1.29, 1.82) is 0 Å². The topological polar surface area (TPSA) is 75.6 Å². The van der Waals surface area contributed by atoms with Crippen LogP contribution >= 0.6 is 0 Å². The minimum Gasteiger partial charge on any atom is -0.497 e. The van der Waals surface area contributed by atoms with E-state index in [-0.39, 0.29) is 12.3 Å². The summed E-state index contributed by atoms with van der Waals surface area (Å²) in [4.78, 5) is 0. The van der Waals surface area contributed by atoms with Gasteiger partial charge in [0.2, 0.25) is 10.0 Å². The lowest BCUT2D eigenvalue weighted by Gasteiger charge is -2.24. The zero-order valence-electron chi connectivity index (χ0n) is 13.9. The van der Waals surface area contributed by atoms with Crippen LogP contribution in [0.25, 0.3) is 0 Å². The van der Waals surface area contributed by atoms with Gasteiger partial charge in [0.15, 0.2) is 0 Å². The lowest BCUT2D eigenvalue weighted by atomic mass is 9.97. The van der Waals surface area contributed by atoms with E-state index < -0.39 is 15.6 Å². The van der Waals surface area contributed by atoms with E-state index in [2.05, 4.69) is 4.72 Å². The predicted molar refractivity (Wildman–Crippen MR) is 94.5 cm³/mol. The Balaban J connectivity index is 1.91. The van der Waals surface area contributed by atoms with Crippen molar-refractivity contribution in [2.45, 2.75) is 18.9 Å². The Morgan fingerprint density at radius 3 is 2.29 bits per heavy atom. The molecule has 0 aromatic heterocycles. The molecule has 0 heterocycles. The summed E-state index contributed by atoms with van der Waals surface area (Å²) in [6.45, 7) is 1.52. The smallest absolute Gasteiger partial charge is 0.212 e. The van der Waals surface area contributed by atoms with Gasteiger partial charge >= 0.3 is 0 Å². The Hall–Kier alpha value is -1.89. The maximum absolute atomic E-state index is 12.2. The molecular formula is C18H23NO4S. The third-order valence-corrected chi connectivity index (χ3v) is 5.18. The summed E-state index contributed by atoms with van der Waals surface area (Å²) >= 11 is 0. The SMILES string of the molecule is COc1ccc(CCS(=O)(=O)NC[C@@](C)(O)c2ccccc2)cc1. The van der Waals surface area contributed by atoms with E-state index in [9.17, 15) is 13.5 Å². The molecule has 5 nitrogen and oxygen atoms in total. The van der Waals surface area contributed by atoms with Gasteiger partial charge in [-0.1, -0.05) is 42.5 Å². The number of ether oxygens (including phenoxy) is 1. The number of benzene rings is 2. The molecule has 1 atom stereocenters. The number of sulfonamides is 1. The van der Waals surface area contributed by atoms with Gasteiger partial charge < -0.3 is 9.84 Å². The Morgan fingerprint density at radius 2 is 1.71 bits per heavy atom. The minimum absolute atomic E-state index is 0.0375. The lowest BCUT2D eigenvalue weighted by Crippen LogP contribution is -2.39. The molecule has 0 saturated heterocycles. The van der Waals surface area contributed by atoms with Crippen molar-refractivity contribution < 1.29 is 18.3 Å².